The average Bonchev–Trinajstić information content (AvgIpc) is 2.41. The van der Waals surface area contributed by atoms with Crippen molar-refractivity contribution in [3.63, 3.8) is 0 Å². The van der Waals surface area contributed by atoms with Crippen LogP contribution < -0.4 is 0 Å². The molecule has 1 aromatic heterocycles. The number of aromatic nitrogens is 1. The summed E-state index contributed by atoms with van der Waals surface area (Å²) >= 11 is 1.61. The molecule has 0 amide bonds. The molecule has 19 heavy (non-hydrogen) atoms. The minimum absolute atomic E-state index is 0.0884. The molecular weight excluding hydrogens is 265 g/mol. The highest BCUT2D eigenvalue weighted by Gasteiger charge is 2.13. The highest BCUT2D eigenvalue weighted by molar-refractivity contribution is 7.98. The van der Waals surface area contributed by atoms with Crippen molar-refractivity contribution in [2.75, 3.05) is 6.26 Å². The summed E-state index contributed by atoms with van der Waals surface area (Å²) in [6, 6.07) is 8.76. The number of pyridine rings is 1. The smallest absolute Gasteiger partial charge is 0.337 e. The second-order valence-electron chi connectivity index (χ2n) is 3.98. The Morgan fingerprint density at radius 2 is 2.21 bits per heavy atom. The summed E-state index contributed by atoms with van der Waals surface area (Å²) in [6.45, 7) is 0. The SMILES string of the molecule is CSc1cccc(Cc2ncc(F)cc2C(=O)O)c1. The van der Waals surface area contributed by atoms with E-state index >= 15 is 0 Å². The zero-order valence-corrected chi connectivity index (χ0v) is 11.1. The first-order chi connectivity index (χ1) is 9.10. The largest absolute Gasteiger partial charge is 0.478 e. The van der Waals surface area contributed by atoms with Gasteiger partial charge in [-0.15, -0.1) is 11.8 Å². The van der Waals surface area contributed by atoms with Gasteiger partial charge in [-0.25, -0.2) is 9.18 Å². The van der Waals surface area contributed by atoms with Crippen LogP contribution in [0.1, 0.15) is 21.6 Å². The lowest BCUT2D eigenvalue weighted by molar-refractivity contribution is 0.0694. The van der Waals surface area contributed by atoms with E-state index < -0.39 is 11.8 Å². The van der Waals surface area contributed by atoms with Crippen LogP contribution in [0.3, 0.4) is 0 Å². The minimum Gasteiger partial charge on any atom is -0.478 e. The van der Waals surface area contributed by atoms with Gasteiger partial charge in [-0.05, 0) is 30.0 Å². The van der Waals surface area contributed by atoms with Crippen LogP contribution in [0.5, 0.6) is 0 Å². The van der Waals surface area contributed by atoms with E-state index in [1.54, 1.807) is 11.8 Å². The van der Waals surface area contributed by atoms with Gasteiger partial charge in [0.2, 0.25) is 0 Å². The Labute approximate surface area is 114 Å². The lowest BCUT2D eigenvalue weighted by Crippen LogP contribution is -2.06. The van der Waals surface area contributed by atoms with Crippen molar-refractivity contribution in [3.8, 4) is 0 Å². The molecule has 0 unspecified atom stereocenters. The summed E-state index contributed by atoms with van der Waals surface area (Å²) in [5.41, 5.74) is 1.23. The summed E-state index contributed by atoms with van der Waals surface area (Å²) in [4.78, 5) is 16.1. The van der Waals surface area contributed by atoms with Gasteiger partial charge >= 0.3 is 5.97 Å². The first kappa shape index (κ1) is 13.5. The van der Waals surface area contributed by atoms with Crippen LogP contribution in [0.25, 0.3) is 0 Å². The molecule has 3 nitrogen and oxygen atoms in total. The van der Waals surface area contributed by atoms with Crippen LogP contribution in [0, 0.1) is 5.82 Å². The molecule has 0 aliphatic carbocycles. The van der Waals surface area contributed by atoms with E-state index in [0.29, 0.717) is 12.1 Å². The molecule has 1 N–H and O–H groups in total. The normalized spacial score (nSPS) is 10.4. The topological polar surface area (TPSA) is 50.2 Å². The Morgan fingerprint density at radius 3 is 2.89 bits per heavy atom. The molecule has 0 aliphatic heterocycles. The van der Waals surface area contributed by atoms with Crippen molar-refractivity contribution in [3.05, 3.63) is 59.2 Å². The number of hydrogen-bond donors (Lipinski definition) is 1. The van der Waals surface area contributed by atoms with E-state index in [4.69, 9.17) is 5.11 Å². The first-order valence-electron chi connectivity index (χ1n) is 5.61. The number of nitrogens with zero attached hydrogens (tertiary/aromatic N) is 1. The number of carboxylic acid groups (broad SMARTS) is 1. The second kappa shape index (κ2) is 5.84. The number of hydrogen-bond acceptors (Lipinski definition) is 3. The maximum absolute atomic E-state index is 13.0. The zero-order chi connectivity index (χ0) is 13.8. The van der Waals surface area contributed by atoms with Crippen molar-refractivity contribution in [1.82, 2.24) is 4.98 Å². The van der Waals surface area contributed by atoms with Crippen molar-refractivity contribution >= 4 is 17.7 Å². The number of halogens is 1. The van der Waals surface area contributed by atoms with Crippen LogP contribution in [0.4, 0.5) is 4.39 Å². The Kier molecular flexibility index (Phi) is 4.16. The monoisotopic (exact) mass is 277 g/mol. The minimum atomic E-state index is -1.16. The lowest BCUT2D eigenvalue weighted by Gasteiger charge is -2.06. The molecule has 1 aromatic carbocycles. The van der Waals surface area contributed by atoms with Crippen molar-refractivity contribution in [2.24, 2.45) is 0 Å². The molecule has 1 heterocycles. The third-order valence-corrected chi connectivity index (χ3v) is 3.40. The van der Waals surface area contributed by atoms with E-state index in [-0.39, 0.29) is 5.56 Å². The maximum atomic E-state index is 13.0. The molecule has 0 radical (unpaired) electrons. The molecule has 0 aliphatic rings. The lowest BCUT2D eigenvalue weighted by atomic mass is 10.1. The molecule has 2 aromatic rings. The molecule has 0 atom stereocenters. The van der Waals surface area contributed by atoms with Gasteiger partial charge in [-0.1, -0.05) is 12.1 Å². The average molecular weight is 277 g/mol. The molecule has 0 saturated carbocycles. The van der Waals surface area contributed by atoms with Gasteiger partial charge in [0.1, 0.15) is 5.82 Å². The van der Waals surface area contributed by atoms with E-state index in [1.807, 2.05) is 30.5 Å². The van der Waals surface area contributed by atoms with Gasteiger partial charge in [-0.2, -0.15) is 0 Å². The highest BCUT2D eigenvalue weighted by Crippen LogP contribution is 2.19. The number of thioether (sulfide) groups is 1. The van der Waals surface area contributed by atoms with Gasteiger partial charge in [0, 0.05) is 11.3 Å². The van der Waals surface area contributed by atoms with E-state index in [1.165, 1.54) is 0 Å². The fourth-order valence-electron chi connectivity index (χ4n) is 1.77. The van der Waals surface area contributed by atoms with Gasteiger partial charge in [-0.3, -0.25) is 4.98 Å². The van der Waals surface area contributed by atoms with Crippen LogP contribution in [-0.2, 0) is 6.42 Å². The standard InChI is InChI=1S/C14H12FNO2S/c1-19-11-4-2-3-9(5-11)6-13-12(14(17)18)7-10(15)8-16-13/h2-5,7-8H,6H2,1H3,(H,17,18). The zero-order valence-electron chi connectivity index (χ0n) is 10.3. The van der Waals surface area contributed by atoms with Crippen molar-refractivity contribution in [2.45, 2.75) is 11.3 Å². The molecule has 0 fully saturated rings. The van der Waals surface area contributed by atoms with E-state index in [9.17, 15) is 9.18 Å². The highest BCUT2D eigenvalue weighted by atomic mass is 32.2. The van der Waals surface area contributed by atoms with Gasteiger partial charge in [0.25, 0.3) is 0 Å². The third-order valence-electron chi connectivity index (χ3n) is 2.67. The quantitative estimate of drug-likeness (QED) is 0.872. The summed E-state index contributed by atoms with van der Waals surface area (Å²) in [5, 5.41) is 9.06. The number of carbonyl (C=O) groups is 1. The Bertz CT molecular complexity index is 616. The van der Waals surface area contributed by atoms with Crippen LogP contribution in [0.2, 0.25) is 0 Å². The summed E-state index contributed by atoms with van der Waals surface area (Å²) in [5.74, 6) is -1.80. The molecular formula is C14H12FNO2S. The third kappa shape index (κ3) is 3.32. The molecule has 0 spiro atoms. The number of rotatable bonds is 4. The first-order valence-corrected chi connectivity index (χ1v) is 6.83. The van der Waals surface area contributed by atoms with Crippen LogP contribution in [-0.4, -0.2) is 22.3 Å². The molecule has 2 rings (SSSR count). The summed E-state index contributed by atoms with van der Waals surface area (Å²) < 4.78 is 13.0. The number of carboxylic acids is 1. The second-order valence-corrected chi connectivity index (χ2v) is 4.86. The Hall–Kier alpha value is -1.88. The molecule has 98 valence electrons. The fourth-order valence-corrected chi connectivity index (χ4v) is 2.25. The van der Waals surface area contributed by atoms with E-state index in [2.05, 4.69) is 4.98 Å². The van der Waals surface area contributed by atoms with Gasteiger partial charge in [0.05, 0.1) is 17.5 Å². The Morgan fingerprint density at radius 1 is 1.42 bits per heavy atom. The van der Waals surface area contributed by atoms with Gasteiger partial charge < -0.3 is 5.11 Å². The van der Waals surface area contributed by atoms with Crippen LogP contribution >= 0.6 is 11.8 Å². The number of benzene rings is 1. The van der Waals surface area contributed by atoms with Crippen molar-refractivity contribution < 1.29 is 14.3 Å². The number of aromatic carboxylic acids is 1. The fraction of sp³-hybridized carbons (Fsp3) is 0.143. The van der Waals surface area contributed by atoms with Gasteiger partial charge in [0.15, 0.2) is 0 Å². The van der Waals surface area contributed by atoms with Crippen molar-refractivity contribution in [1.29, 1.82) is 0 Å². The predicted octanol–water partition coefficient (Wildman–Crippen LogP) is 3.23. The molecule has 0 bridgehead atoms. The molecule has 5 heteroatoms. The molecule has 0 saturated heterocycles. The summed E-state index contributed by atoms with van der Waals surface area (Å²) in [6.07, 6.45) is 3.38. The van der Waals surface area contributed by atoms with Crippen LogP contribution in [0.15, 0.2) is 41.4 Å². The maximum Gasteiger partial charge on any atom is 0.337 e. The predicted molar refractivity (Wildman–Crippen MR) is 72.2 cm³/mol. The van der Waals surface area contributed by atoms with E-state index in [0.717, 1.165) is 22.7 Å². The summed E-state index contributed by atoms with van der Waals surface area (Å²) in [7, 11) is 0. The Balaban J connectivity index is 2.34.